The van der Waals surface area contributed by atoms with Gasteiger partial charge in [0.15, 0.2) is 11.0 Å². The maximum Gasteiger partial charge on any atom is 0.234 e. The first kappa shape index (κ1) is 22.4. The van der Waals surface area contributed by atoms with E-state index in [2.05, 4.69) is 21.6 Å². The molecule has 1 amide bonds. The van der Waals surface area contributed by atoms with Gasteiger partial charge in [0.05, 0.1) is 17.4 Å². The number of carbonyl (C=O) groups excluding carboxylic acids is 1. The van der Waals surface area contributed by atoms with Crippen LogP contribution < -0.4 is 10.1 Å². The number of halogens is 1. The van der Waals surface area contributed by atoms with Crippen molar-refractivity contribution in [2.24, 2.45) is 0 Å². The Morgan fingerprint density at radius 1 is 1.06 bits per heavy atom. The number of ether oxygens (including phenoxy) is 1. The summed E-state index contributed by atoms with van der Waals surface area (Å²) in [7, 11) is 0. The summed E-state index contributed by atoms with van der Waals surface area (Å²) < 4.78 is 7.71. The van der Waals surface area contributed by atoms with E-state index in [1.54, 1.807) is 48.5 Å². The van der Waals surface area contributed by atoms with Gasteiger partial charge < -0.3 is 10.1 Å². The maximum atomic E-state index is 12.4. The molecule has 0 radical (unpaired) electrons. The second-order valence-electron chi connectivity index (χ2n) is 6.84. The third-order valence-electron chi connectivity index (χ3n) is 4.51. The molecule has 3 aromatic carbocycles. The predicted octanol–water partition coefficient (Wildman–Crippen LogP) is 5.10. The quantitative estimate of drug-likeness (QED) is 0.356. The van der Waals surface area contributed by atoms with Crippen LogP contribution in [-0.2, 0) is 11.4 Å². The standard InChI is InChI=1S/C24H18ClN5O2S/c25-18-5-4-6-19(13-18)27-23(31)16-33-24-29-28-22(30(24)20-7-2-1-3-8-20)15-32-21-11-9-17(14-26)10-12-21/h1-13H,15-16H2,(H,27,31). The van der Waals surface area contributed by atoms with Crippen LogP contribution in [0.4, 0.5) is 5.69 Å². The van der Waals surface area contributed by atoms with Crippen LogP contribution in [0.1, 0.15) is 11.4 Å². The molecule has 0 aliphatic rings. The minimum absolute atomic E-state index is 0.147. The molecule has 1 heterocycles. The van der Waals surface area contributed by atoms with Crippen molar-refractivity contribution < 1.29 is 9.53 Å². The summed E-state index contributed by atoms with van der Waals surface area (Å²) >= 11 is 7.25. The topological polar surface area (TPSA) is 92.8 Å². The number of nitrogens with one attached hydrogen (secondary N) is 1. The van der Waals surface area contributed by atoms with Crippen molar-refractivity contribution in [2.45, 2.75) is 11.8 Å². The van der Waals surface area contributed by atoms with Gasteiger partial charge in [-0.3, -0.25) is 9.36 Å². The number of amides is 1. The van der Waals surface area contributed by atoms with Crippen LogP contribution in [-0.4, -0.2) is 26.4 Å². The summed E-state index contributed by atoms with van der Waals surface area (Å²) in [6.07, 6.45) is 0. The zero-order valence-corrected chi connectivity index (χ0v) is 18.9. The Balaban J connectivity index is 1.48. The lowest BCUT2D eigenvalue weighted by Gasteiger charge is -2.11. The summed E-state index contributed by atoms with van der Waals surface area (Å²) in [5, 5.41) is 21.4. The van der Waals surface area contributed by atoms with Gasteiger partial charge in [-0.15, -0.1) is 10.2 Å². The summed E-state index contributed by atoms with van der Waals surface area (Å²) in [6.45, 7) is 0.170. The van der Waals surface area contributed by atoms with Crippen molar-refractivity contribution in [2.75, 3.05) is 11.1 Å². The molecule has 0 saturated heterocycles. The van der Waals surface area contributed by atoms with Gasteiger partial charge in [0.1, 0.15) is 12.4 Å². The van der Waals surface area contributed by atoms with Crippen LogP contribution in [0.15, 0.2) is 84.0 Å². The van der Waals surface area contributed by atoms with Gasteiger partial charge in [-0.2, -0.15) is 5.26 Å². The zero-order valence-electron chi connectivity index (χ0n) is 17.3. The third kappa shape index (κ3) is 5.92. The van der Waals surface area contributed by atoms with Crippen molar-refractivity contribution in [1.82, 2.24) is 14.8 Å². The van der Waals surface area contributed by atoms with Crippen LogP contribution >= 0.6 is 23.4 Å². The van der Waals surface area contributed by atoms with Gasteiger partial charge in [-0.1, -0.05) is 47.6 Å². The first-order chi connectivity index (χ1) is 16.1. The van der Waals surface area contributed by atoms with Gasteiger partial charge in [0, 0.05) is 16.4 Å². The molecular formula is C24H18ClN5O2S. The minimum atomic E-state index is -0.180. The highest BCUT2D eigenvalue weighted by molar-refractivity contribution is 7.99. The largest absolute Gasteiger partial charge is 0.486 e. The van der Waals surface area contributed by atoms with Crippen LogP contribution in [0.25, 0.3) is 5.69 Å². The highest BCUT2D eigenvalue weighted by Gasteiger charge is 2.16. The van der Waals surface area contributed by atoms with Crippen LogP contribution in [0, 0.1) is 11.3 Å². The highest BCUT2D eigenvalue weighted by atomic mass is 35.5. The molecule has 0 saturated carbocycles. The summed E-state index contributed by atoms with van der Waals surface area (Å²) in [5.41, 5.74) is 2.05. The highest BCUT2D eigenvalue weighted by Crippen LogP contribution is 2.24. The molecule has 0 aliphatic heterocycles. The molecular weight excluding hydrogens is 458 g/mol. The van der Waals surface area contributed by atoms with Crippen LogP contribution in [0.3, 0.4) is 0 Å². The molecule has 7 nitrogen and oxygen atoms in total. The van der Waals surface area contributed by atoms with Crippen molar-refractivity contribution in [3.05, 3.63) is 95.3 Å². The Labute approximate surface area is 200 Å². The number of hydrogen-bond acceptors (Lipinski definition) is 6. The van der Waals surface area contributed by atoms with Gasteiger partial charge in [0.2, 0.25) is 5.91 Å². The number of benzene rings is 3. The van der Waals surface area contributed by atoms with Crippen molar-refractivity contribution in [3.63, 3.8) is 0 Å². The second kappa shape index (κ2) is 10.7. The first-order valence-electron chi connectivity index (χ1n) is 9.93. The molecule has 1 aromatic heterocycles. The van der Waals surface area contributed by atoms with Crippen molar-refractivity contribution >= 4 is 35.0 Å². The molecule has 0 aliphatic carbocycles. The van der Waals surface area contributed by atoms with E-state index in [-0.39, 0.29) is 18.3 Å². The molecule has 0 bridgehead atoms. The van der Waals surface area contributed by atoms with E-state index in [0.29, 0.717) is 33.0 Å². The van der Waals surface area contributed by atoms with E-state index in [9.17, 15) is 4.79 Å². The van der Waals surface area contributed by atoms with E-state index >= 15 is 0 Å². The van der Waals surface area contributed by atoms with Crippen LogP contribution in [0.5, 0.6) is 5.75 Å². The van der Waals surface area contributed by atoms with E-state index in [1.165, 1.54) is 11.8 Å². The smallest absolute Gasteiger partial charge is 0.234 e. The number of aromatic nitrogens is 3. The molecule has 0 fully saturated rings. The zero-order chi connectivity index (χ0) is 23.0. The fourth-order valence-electron chi connectivity index (χ4n) is 2.99. The molecule has 4 aromatic rings. The van der Waals surface area contributed by atoms with E-state index in [4.69, 9.17) is 21.6 Å². The number of nitrogens with zero attached hydrogens (tertiary/aromatic N) is 4. The molecule has 1 N–H and O–H groups in total. The first-order valence-corrected chi connectivity index (χ1v) is 11.3. The van der Waals surface area contributed by atoms with Crippen LogP contribution in [0.2, 0.25) is 5.02 Å². The Kier molecular flexibility index (Phi) is 7.25. The average Bonchev–Trinajstić information content (AvgIpc) is 3.25. The Hall–Kier alpha value is -3.80. The average molecular weight is 476 g/mol. The lowest BCUT2D eigenvalue weighted by molar-refractivity contribution is -0.113. The number of nitriles is 1. The van der Waals surface area contributed by atoms with Gasteiger partial charge in [0.25, 0.3) is 0 Å². The maximum absolute atomic E-state index is 12.4. The number of anilines is 1. The van der Waals surface area contributed by atoms with E-state index < -0.39 is 0 Å². The lowest BCUT2D eigenvalue weighted by Crippen LogP contribution is -2.14. The SMILES string of the molecule is N#Cc1ccc(OCc2nnc(SCC(=O)Nc3cccc(Cl)c3)n2-c2ccccc2)cc1. The fourth-order valence-corrected chi connectivity index (χ4v) is 3.95. The van der Waals surface area contributed by atoms with Gasteiger partial charge in [-0.25, -0.2) is 0 Å². The van der Waals surface area contributed by atoms with E-state index in [1.807, 2.05) is 34.9 Å². The summed E-state index contributed by atoms with van der Waals surface area (Å²) in [5.74, 6) is 1.17. The summed E-state index contributed by atoms with van der Waals surface area (Å²) in [6, 6.07) is 25.5. The van der Waals surface area contributed by atoms with E-state index in [0.717, 1.165) is 5.69 Å². The number of hydrogen-bond donors (Lipinski definition) is 1. The van der Waals surface area contributed by atoms with Gasteiger partial charge in [-0.05, 0) is 54.6 Å². The normalized spacial score (nSPS) is 10.4. The molecule has 0 atom stereocenters. The number of carbonyl (C=O) groups is 1. The predicted molar refractivity (Wildman–Crippen MR) is 128 cm³/mol. The molecule has 0 spiro atoms. The van der Waals surface area contributed by atoms with Gasteiger partial charge >= 0.3 is 0 Å². The second-order valence-corrected chi connectivity index (χ2v) is 8.22. The van der Waals surface area contributed by atoms with Crippen molar-refractivity contribution in [3.8, 4) is 17.5 Å². The number of rotatable bonds is 8. The Bertz CT molecular complexity index is 1290. The summed E-state index contributed by atoms with van der Waals surface area (Å²) in [4.78, 5) is 12.4. The molecule has 9 heteroatoms. The Morgan fingerprint density at radius 2 is 1.85 bits per heavy atom. The molecule has 33 heavy (non-hydrogen) atoms. The third-order valence-corrected chi connectivity index (χ3v) is 5.67. The molecule has 164 valence electrons. The lowest BCUT2D eigenvalue weighted by atomic mass is 10.2. The molecule has 4 rings (SSSR count). The number of thioether (sulfide) groups is 1. The number of para-hydroxylation sites is 1. The fraction of sp³-hybridized carbons (Fsp3) is 0.0833. The minimum Gasteiger partial charge on any atom is -0.486 e. The monoisotopic (exact) mass is 475 g/mol. The molecule has 0 unspecified atom stereocenters. The van der Waals surface area contributed by atoms with Crippen molar-refractivity contribution in [1.29, 1.82) is 5.26 Å². The Morgan fingerprint density at radius 3 is 2.58 bits per heavy atom.